The van der Waals surface area contributed by atoms with Gasteiger partial charge in [0.05, 0.1) is 22.1 Å². The standard InChI is InChI=1S/C14H19ClN2O3S/c1-17(2)14(18)12-8-10(5-6-13(12)15)16-11-4-3-7-21(19,20)9-11/h5-6,8,11,16H,3-4,7,9H2,1-2H3. The quantitative estimate of drug-likeness (QED) is 0.921. The third-order valence-corrected chi connectivity index (χ3v) is 5.59. The molecule has 5 nitrogen and oxygen atoms in total. The van der Waals surface area contributed by atoms with Crippen LogP contribution in [0.25, 0.3) is 0 Å². The molecule has 1 aliphatic heterocycles. The van der Waals surface area contributed by atoms with Gasteiger partial charge in [0.15, 0.2) is 9.84 Å². The maximum Gasteiger partial charge on any atom is 0.254 e. The van der Waals surface area contributed by atoms with Crippen LogP contribution in [0.4, 0.5) is 5.69 Å². The lowest BCUT2D eigenvalue weighted by atomic mass is 10.1. The van der Waals surface area contributed by atoms with E-state index >= 15 is 0 Å². The molecule has 21 heavy (non-hydrogen) atoms. The van der Waals surface area contributed by atoms with Gasteiger partial charge >= 0.3 is 0 Å². The Kier molecular flexibility index (Phi) is 4.78. The Bertz CT molecular complexity index is 644. The molecule has 0 spiro atoms. The fraction of sp³-hybridized carbons (Fsp3) is 0.500. The van der Waals surface area contributed by atoms with Crippen molar-refractivity contribution in [1.82, 2.24) is 4.90 Å². The minimum absolute atomic E-state index is 0.118. The molecule has 1 unspecified atom stereocenters. The number of hydrogen-bond donors (Lipinski definition) is 1. The lowest BCUT2D eigenvalue weighted by molar-refractivity contribution is 0.0828. The fourth-order valence-corrected chi connectivity index (χ4v) is 4.23. The number of halogens is 1. The topological polar surface area (TPSA) is 66.5 Å². The van der Waals surface area contributed by atoms with Crippen molar-refractivity contribution in [2.24, 2.45) is 0 Å². The van der Waals surface area contributed by atoms with Gasteiger partial charge in [-0.15, -0.1) is 0 Å². The zero-order valence-electron chi connectivity index (χ0n) is 12.1. The number of carbonyl (C=O) groups excluding carboxylic acids is 1. The third kappa shape index (κ3) is 4.11. The molecule has 0 aliphatic carbocycles. The van der Waals surface area contributed by atoms with Crippen molar-refractivity contribution in [3.8, 4) is 0 Å². The van der Waals surface area contributed by atoms with Gasteiger partial charge in [0.25, 0.3) is 5.91 Å². The first-order chi connectivity index (χ1) is 9.78. The molecule has 0 bridgehead atoms. The van der Waals surface area contributed by atoms with E-state index < -0.39 is 9.84 Å². The second-order valence-electron chi connectivity index (χ2n) is 5.49. The van der Waals surface area contributed by atoms with Gasteiger partial charge in [0.2, 0.25) is 0 Å². The zero-order chi connectivity index (χ0) is 15.6. The van der Waals surface area contributed by atoms with Crippen LogP contribution in [0.5, 0.6) is 0 Å². The number of hydrogen-bond acceptors (Lipinski definition) is 4. The molecule has 1 aromatic rings. The number of carbonyl (C=O) groups is 1. The van der Waals surface area contributed by atoms with Gasteiger partial charge < -0.3 is 10.2 Å². The molecule has 7 heteroatoms. The summed E-state index contributed by atoms with van der Waals surface area (Å²) in [7, 11) is 0.355. The maximum atomic E-state index is 12.0. The lowest BCUT2D eigenvalue weighted by Crippen LogP contribution is -2.34. The van der Waals surface area contributed by atoms with Gasteiger partial charge in [-0.25, -0.2) is 8.42 Å². The van der Waals surface area contributed by atoms with Crippen LogP contribution in [0.15, 0.2) is 18.2 Å². The molecule has 0 radical (unpaired) electrons. The zero-order valence-corrected chi connectivity index (χ0v) is 13.7. The van der Waals surface area contributed by atoms with E-state index in [9.17, 15) is 13.2 Å². The number of amides is 1. The molecule has 1 aliphatic rings. The first-order valence-corrected chi connectivity index (χ1v) is 8.96. The summed E-state index contributed by atoms with van der Waals surface area (Å²) in [6.45, 7) is 0. The summed E-state index contributed by atoms with van der Waals surface area (Å²) in [5, 5.41) is 3.57. The van der Waals surface area contributed by atoms with E-state index in [0.29, 0.717) is 22.7 Å². The molecule has 0 aromatic heterocycles. The highest BCUT2D eigenvalue weighted by Crippen LogP contribution is 2.24. The SMILES string of the molecule is CN(C)C(=O)c1cc(NC2CCCS(=O)(=O)C2)ccc1Cl. The van der Waals surface area contributed by atoms with E-state index in [1.807, 2.05) is 0 Å². The largest absolute Gasteiger partial charge is 0.381 e. The fourth-order valence-electron chi connectivity index (χ4n) is 2.39. The van der Waals surface area contributed by atoms with Gasteiger partial charge in [-0.2, -0.15) is 0 Å². The summed E-state index contributed by atoms with van der Waals surface area (Å²) in [6.07, 6.45) is 1.47. The van der Waals surface area contributed by atoms with Crippen molar-refractivity contribution < 1.29 is 13.2 Å². The summed E-state index contributed by atoms with van der Waals surface area (Å²) in [6, 6.07) is 4.96. The number of sulfone groups is 1. The Hall–Kier alpha value is -1.27. The molecule has 1 heterocycles. The Balaban J connectivity index is 2.18. The second-order valence-corrected chi connectivity index (χ2v) is 8.13. The predicted octanol–water partition coefficient (Wildman–Crippen LogP) is 2.03. The van der Waals surface area contributed by atoms with Crippen molar-refractivity contribution in [1.29, 1.82) is 0 Å². The number of nitrogens with zero attached hydrogens (tertiary/aromatic N) is 1. The highest BCUT2D eigenvalue weighted by Gasteiger charge is 2.25. The number of anilines is 1. The molecule has 1 fully saturated rings. The highest BCUT2D eigenvalue weighted by molar-refractivity contribution is 7.91. The number of benzene rings is 1. The minimum Gasteiger partial charge on any atom is -0.381 e. The normalized spacial score (nSPS) is 20.8. The van der Waals surface area contributed by atoms with Crippen LogP contribution >= 0.6 is 11.6 Å². The maximum absolute atomic E-state index is 12.0. The van der Waals surface area contributed by atoms with Gasteiger partial charge in [0, 0.05) is 25.8 Å². The molecular weight excluding hydrogens is 312 g/mol. The minimum atomic E-state index is -2.96. The molecule has 116 valence electrons. The highest BCUT2D eigenvalue weighted by atomic mass is 35.5. The lowest BCUT2D eigenvalue weighted by Gasteiger charge is -2.24. The van der Waals surface area contributed by atoms with E-state index in [4.69, 9.17) is 11.6 Å². The van der Waals surface area contributed by atoms with E-state index in [2.05, 4.69) is 5.32 Å². The van der Waals surface area contributed by atoms with Crippen molar-refractivity contribution in [3.63, 3.8) is 0 Å². The van der Waals surface area contributed by atoms with Crippen molar-refractivity contribution >= 4 is 33.0 Å². The Morgan fingerprint density at radius 2 is 2.10 bits per heavy atom. The molecule has 1 N–H and O–H groups in total. The Labute approximate surface area is 130 Å². The van der Waals surface area contributed by atoms with Crippen molar-refractivity contribution in [3.05, 3.63) is 28.8 Å². The summed E-state index contributed by atoms with van der Waals surface area (Å²) < 4.78 is 23.3. The monoisotopic (exact) mass is 330 g/mol. The van der Waals surface area contributed by atoms with Gasteiger partial charge in [-0.1, -0.05) is 11.6 Å². The molecule has 1 amide bonds. The molecule has 2 rings (SSSR count). The van der Waals surface area contributed by atoms with Crippen LogP contribution in [0.3, 0.4) is 0 Å². The van der Waals surface area contributed by atoms with E-state index in [1.54, 1.807) is 32.3 Å². The third-order valence-electron chi connectivity index (χ3n) is 3.44. The average Bonchev–Trinajstić information content (AvgIpc) is 2.39. The van der Waals surface area contributed by atoms with E-state index in [-0.39, 0.29) is 23.5 Å². The molecule has 0 saturated carbocycles. The van der Waals surface area contributed by atoms with Crippen LogP contribution in [0.2, 0.25) is 5.02 Å². The Morgan fingerprint density at radius 3 is 2.71 bits per heavy atom. The number of nitrogens with one attached hydrogen (secondary N) is 1. The van der Waals surface area contributed by atoms with Gasteiger partial charge in [-0.3, -0.25) is 4.79 Å². The summed E-state index contributed by atoms with van der Waals surface area (Å²) in [5.41, 5.74) is 1.12. The van der Waals surface area contributed by atoms with Crippen LogP contribution in [0, 0.1) is 0 Å². The van der Waals surface area contributed by atoms with E-state index in [0.717, 1.165) is 6.42 Å². The van der Waals surface area contributed by atoms with Crippen LogP contribution in [-0.4, -0.2) is 50.9 Å². The smallest absolute Gasteiger partial charge is 0.254 e. The van der Waals surface area contributed by atoms with Crippen LogP contribution in [0.1, 0.15) is 23.2 Å². The summed E-state index contributed by atoms with van der Waals surface area (Å²) >= 11 is 6.05. The summed E-state index contributed by atoms with van der Waals surface area (Å²) in [5.74, 6) is 0.211. The van der Waals surface area contributed by atoms with Crippen molar-refractivity contribution in [2.75, 3.05) is 30.9 Å². The molecule has 1 aromatic carbocycles. The average molecular weight is 331 g/mol. The first-order valence-electron chi connectivity index (χ1n) is 6.77. The van der Waals surface area contributed by atoms with Crippen LogP contribution < -0.4 is 5.32 Å². The predicted molar refractivity (Wildman–Crippen MR) is 84.8 cm³/mol. The number of rotatable bonds is 3. The van der Waals surface area contributed by atoms with Gasteiger partial charge in [-0.05, 0) is 31.0 Å². The molecular formula is C14H19ClN2O3S. The Morgan fingerprint density at radius 1 is 1.38 bits per heavy atom. The molecule has 1 atom stereocenters. The molecule has 1 saturated heterocycles. The van der Waals surface area contributed by atoms with E-state index in [1.165, 1.54) is 4.90 Å². The first kappa shape index (κ1) is 16.1. The summed E-state index contributed by atoms with van der Waals surface area (Å²) in [4.78, 5) is 13.5. The van der Waals surface area contributed by atoms with Crippen molar-refractivity contribution in [2.45, 2.75) is 18.9 Å². The second kappa shape index (κ2) is 6.23. The van der Waals surface area contributed by atoms with Crippen LogP contribution in [-0.2, 0) is 9.84 Å². The van der Waals surface area contributed by atoms with Gasteiger partial charge in [0.1, 0.15) is 0 Å².